The highest BCUT2D eigenvalue weighted by Gasteiger charge is 2.59. The zero-order chi connectivity index (χ0) is 57.7. The van der Waals surface area contributed by atoms with E-state index in [0.29, 0.717) is 0 Å². The molecule has 0 bridgehead atoms. The number of Topliss-reactive ketones (excluding diaryl/α,β-unsaturated/α-hetero) is 1. The van der Waals surface area contributed by atoms with Gasteiger partial charge in [0, 0.05) is 69.2 Å². The molecular weight excluding hydrogens is 1050 g/mol. The smallest absolute Gasteiger partial charge is 0.303 e. The molecule has 3 N–H and O–H groups in total. The van der Waals surface area contributed by atoms with Gasteiger partial charge in [-0.05, 0) is 6.92 Å². The van der Waals surface area contributed by atoms with Crippen molar-refractivity contribution in [2.24, 2.45) is 0 Å². The Morgan fingerprint density at radius 2 is 0.688 bits per heavy atom. The van der Waals surface area contributed by atoms with Crippen molar-refractivity contribution in [1.29, 1.82) is 0 Å². The predicted octanol–water partition coefficient (Wildman–Crippen LogP) is -3.24. The van der Waals surface area contributed by atoms with E-state index in [1.54, 1.807) is 0 Å². The summed E-state index contributed by atoms with van der Waals surface area (Å²) in [4.78, 5) is 137. The number of carbonyl (C=O) groups excluding carboxylic acids is 11. The van der Waals surface area contributed by atoms with Gasteiger partial charge >= 0.3 is 59.7 Å². The molecule has 19 atom stereocenters. The Bertz CT molecular complexity index is 2150. The molecule has 4 heterocycles. The van der Waals surface area contributed by atoms with E-state index in [9.17, 15) is 68.1 Å². The summed E-state index contributed by atoms with van der Waals surface area (Å²) in [5.74, 6) is -10.7. The van der Waals surface area contributed by atoms with Crippen molar-refractivity contribution in [1.82, 2.24) is 0 Å². The van der Waals surface area contributed by atoms with Crippen LogP contribution in [0.1, 0.15) is 76.2 Å². The van der Waals surface area contributed by atoms with Crippen LogP contribution in [-0.4, -0.2) is 224 Å². The average Bonchev–Trinajstić information content (AvgIpc) is 3.30. The van der Waals surface area contributed by atoms with Gasteiger partial charge in [0.15, 0.2) is 73.5 Å². The van der Waals surface area contributed by atoms with Crippen LogP contribution in [0.25, 0.3) is 0 Å². The fraction of sp³-hybridized carbons (Fsp3) is 0.739. The molecule has 4 aliphatic rings. The molecule has 433 valence electrons. The third-order valence-corrected chi connectivity index (χ3v) is 11.2. The number of hydrogen-bond acceptors (Lipinski definition) is 31. The van der Waals surface area contributed by atoms with Crippen molar-refractivity contribution in [3.63, 3.8) is 0 Å². The molecular formula is C46H63O31. The molecule has 4 rings (SSSR count). The lowest BCUT2D eigenvalue weighted by Crippen LogP contribution is -2.68. The van der Waals surface area contributed by atoms with Crippen LogP contribution >= 0.6 is 0 Å². The number of esters is 10. The molecule has 0 aromatic rings. The minimum Gasteiger partial charge on any atom is -0.463 e. The highest BCUT2D eigenvalue weighted by Crippen LogP contribution is 2.38. The van der Waals surface area contributed by atoms with E-state index in [4.69, 9.17) is 80.5 Å². The van der Waals surface area contributed by atoms with Gasteiger partial charge in [0.1, 0.15) is 74.8 Å². The fourth-order valence-corrected chi connectivity index (χ4v) is 8.37. The standard InChI is InChI=1S/C46H63O31/c1-16(47)34-32(59)38(31(58)27(72-34)12-64-44-42(70-25(10)56)40(69-24(9)55)36(66-21(6)52)29(73-44)14-62-18(3)49)76-46-43(71-26(11)57)41(37(67-22(7)53)30(75-46)15-63-19(4)50)77-45-39(68-23(8)54)33(60)35(65-20(5)51)28(74-45)13-61-17(2)48/h27-33,35-46,58-60H,12-15H2,1-11H3/t27-,28-,29-,30-,31-,32+,33+,35-,36-,37-,38+,39-,40+,41+,42-,43-,44-,45+,46+/m1/s1. The van der Waals surface area contributed by atoms with E-state index in [1.165, 1.54) is 0 Å². The summed E-state index contributed by atoms with van der Waals surface area (Å²) < 4.78 is 95.7. The van der Waals surface area contributed by atoms with Gasteiger partial charge in [-0.2, -0.15) is 0 Å². The number of carbonyl (C=O) groups is 11. The summed E-state index contributed by atoms with van der Waals surface area (Å²) in [5.41, 5.74) is 0. The van der Waals surface area contributed by atoms with Gasteiger partial charge in [-0.25, -0.2) is 0 Å². The van der Waals surface area contributed by atoms with Crippen LogP contribution in [0.5, 0.6) is 0 Å². The first-order valence-electron chi connectivity index (χ1n) is 23.6. The normalized spacial score (nSPS) is 34.1. The second-order valence-electron chi connectivity index (χ2n) is 17.6. The molecule has 0 aromatic heterocycles. The molecule has 0 aromatic carbocycles. The Balaban J connectivity index is 1.82. The van der Waals surface area contributed by atoms with Gasteiger partial charge in [0.05, 0.1) is 6.61 Å². The Hall–Kier alpha value is -6.03. The first kappa shape index (κ1) is 63.5. The minimum atomic E-state index is -2.23. The molecule has 4 fully saturated rings. The highest BCUT2D eigenvalue weighted by atomic mass is 16.8. The Labute approximate surface area is 438 Å². The van der Waals surface area contributed by atoms with Crippen molar-refractivity contribution >= 4 is 65.5 Å². The van der Waals surface area contributed by atoms with Crippen LogP contribution in [0.3, 0.4) is 0 Å². The maximum absolute atomic E-state index is 13.1. The van der Waals surface area contributed by atoms with Gasteiger partial charge in [-0.1, -0.05) is 0 Å². The second kappa shape index (κ2) is 28.6. The van der Waals surface area contributed by atoms with Crippen molar-refractivity contribution in [3.05, 3.63) is 6.10 Å². The third-order valence-electron chi connectivity index (χ3n) is 11.2. The van der Waals surface area contributed by atoms with E-state index in [0.717, 1.165) is 76.2 Å². The first-order chi connectivity index (χ1) is 36.0. The van der Waals surface area contributed by atoms with E-state index in [-0.39, 0.29) is 0 Å². The lowest BCUT2D eigenvalue weighted by molar-refractivity contribution is -0.372. The van der Waals surface area contributed by atoms with Gasteiger partial charge < -0.3 is 95.8 Å². The molecule has 31 nitrogen and oxygen atoms in total. The van der Waals surface area contributed by atoms with Crippen LogP contribution < -0.4 is 0 Å². The molecule has 0 amide bonds. The lowest BCUT2D eigenvalue weighted by atomic mass is 9.92. The number of rotatable bonds is 21. The molecule has 0 aliphatic carbocycles. The van der Waals surface area contributed by atoms with Crippen molar-refractivity contribution in [2.45, 2.75) is 193 Å². The number of aliphatic hydroxyl groups excluding tert-OH is 3. The van der Waals surface area contributed by atoms with Crippen LogP contribution in [0, 0.1) is 6.10 Å². The summed E-state index contributed by atoms with van der Waals surface area (Å²) in [5, 5.41) is 35.3. The van der Waals surface area contributed by atoms with Crippen molar-refractivity contribution in [2.75, 3.05) is 26.4 Å². The summed E-state index contributed by atoms with van der Waals surface area (Å²) in [6, 6.07) is 0. The molecule has 31 heteroatoms. The molecule has 0 saturated carbocycles. The monoisotopic (exact) mass is 1110 g/mol. The molecule has 0 spiro atoms. The maximum Gasteiger partial charge on any atom is 0.303 e. The zero-order valence-electron chi connectivity index (χ0n) is 43.6. The van der Waals surface area contributed by atoms with E-state index in [2.05, 4.69) is 0 Å². The summed E-state index contributed by atoms with van der Waals surface area (Å²) in [6.45, 7) is 7.56. The quantitative estimate of drug-likeness (QED) is 0.0751. The summed E-state index contributed by atoms with van der Waals surface area (Å²) >= 11 is 0. The first-order valence-corrected chi connectivity index (χ1v) is 23.6. The second-order valence-corrected chi connectivity index (χ2v) is 17.6. The van der Waals surface area contributed by atoms with E-state index >= 15 is 0 Å². The number of hydrogen-bond donors (Lipinski definition) is 3. The zero-order valence-corrected chi connectivity index (χ0v) is 43.6. The van der Waals surface area contributed by atoms with Crippen LogP contribution in [-0.2, 0) is 133 Å². The highest BCUT2D eigenvalue weighted by molar-refractivity contribution is 5.89. The van der Waals surface area contributed by atoms with Crippen molar-refractivity contribution < 1.29 is 149 Å². The largest absolute Gasteiger partial charge is 0.463 e. The van der Waals surface area contributed by atoms with Gasteiger partial charge in [-0.15, -0.1) is 0 Å². The third kappa shape index (κ3) is 18.0. The van der Waals surface area contributed by atoms with Crippen LogP contribution in [0.2, 0.25) is 0 Å². The molecule has 1 radical (unpaired) electrons. The molecule has 0 unspecified atom stereocenters. The van der Waals surface area contributed by atoms with Crippen LogP contribution in [0.15, 0.2) is 0 Å². The van der Waals surface area contributed by atoms with E-state index < -0.39 is 215 Å². The Morgan fingerprint density at radius 3 is 1.12 bits per heavy atom. The predicted molar refractivity (Wildman–Crippen MR) is 237 cm³/mol. The lowest BCUT2D eigenvalue weighted by Gasteiger charge is -2.49. The summed E-state index contributed by atoms with van der Waals surface area (Å²) in [6.07, 6.45) is -36.8. The SMILES string of the molecule is CC(=O)OC[C@H]1O[C@@H](O[C@@H]2[C@@H](OC(C)=O)[C@H](O[C@H]3[C@H](O)[C@@H](CO[C@@H]4O[C@H](COC(C)=O)[C@@H](OC(C)=O)[C@H](OC(C)=O)[C@H]4OC(C)=O)O[C](C(C)=O)[C@@H]3O)O[C@H](COC(C)=O)[C@H]2OC(C)=O)[C@H](OC(C)=O)[C@@H](O)[C@@H]1OC(C)=O. The van der Waals surface area contributed by atoms with Crippen molar-refractivity contribution in [3.8, 4) is 0 Å². The Kier molecular flexibility index (Phi) is 23.5. The fourth-order valence-electron chi connectivity index (χ4n) is 8.37. The molecule has 4 saturated heterocycles. The molecule has 77 heavy (non-hydrogen) atoms. The number of ether oxygens (including phenoxy) is 17. The summed E-state index contributed by atoms with van der Waals surface area (Å²) in [7, 11) is 0. The maximum atomic E-state index is 13.1. The van der Waals surface area contributed by atoms with Crippen LogP contribution in [0.4, 0.5) is 0 Å². The average molecular weight is 1110 g/mol. The number of ketones is 1. The topological polar surface area (TPSA) is 405 Å². The van der Waals surface area contributed by atoms with Gasteiger partial charge in [-0.3, -0.25) is 52.7 Å². The van der Waals surface area contributed by atoms with Gasteiger partial charge in [0.2, 0.25) is 0 Å². The van der Waals surface area contributed by atoms with E-state index in [1.807, 2.05) is 0 Å². The minimum absolute atomic E-state index is 0.654. The molecule has 4 aliphatic heterocycles. The van der Waals surface area contributed by atoms with Gasteiger partial charge in [0.25, 0.3) is 0 Å². The number of aliphatic hydroxyl groups is 3. The Morgan fingerprint density at radius 1 is 0.351 bits per heavy atom.